The molecule has 1 fully saturated rings. The predicted molar refractivity (Wildman–Crippen MR) is 98.2 cm³/mol. The zero-order chi connectivity index (χ0) is 18.2. The highest BCUT2D eigenvalue weighted by Crippen LogP contribution is 2.24. The van der Waals surface area contributed by atoms with Gasteiger partial charge < -0.3 is 19.7 Å². The van der Waals surface area contributed by atoms with E-state index in [-0.39, 0.29) is 17.8 Å². The maximum atomic E-state index is 11.9. The van der Waals surface area contributed by atoms with Crippen LogP contribution < -0.4 is 5.32 Å². The Kier molecular flexibility index (Phi) is 7.25. The normalized spacial score (nSPS) is 20.6. The smallest absolute Gasteiger partial charge is 0.310 e. The molecule has 0 aliphatic carbocycles. The van der Waals surface area contributed by atoms with Crippen LogP contribution in [0.25, 0.3) is 0 Å². The minimum Gasteiger partial charge on any atom is -0.469 e. The van der Waals surface area contributed by atoms with E-state index in [0.29, 0.717) is 19.7 Å². The number of guanidine groups is 1. The lowest BCUT2D eigenvalue weighted by Gasteiger charge is -2.21. The number of rotatable bonds is 6. The van der Waals surface area contributed by atoms with Crippen molar-refractivity contribution in [3.05, 3.63) is 35.4 Å². The fourth-order valence-electron chi connectivity index (χ4n) is 3.17. The van der Waals surface area contributed by atoms with Crippen molar-refractivity contribution in [2.24, 2.45) is 16.8 Å². The molecule has 25 heavy (non-hydrogen) atoms. The van der Waals surface area contributed by atoms with Gasteiger partial charge >= 0.3 is 5.97 Å². The molecule has 2 unspecified atom stereocenters. The molecular formula is C19H29N3O3. The number of carbonyl (C=O) groups is 1. The first kappa shape index (κ1) is 19.2. The molecule has 1 saturated heterocycles. The molecule has 1 aliphatic heterocycles. The summed E-state index contributed by atoms with van der Waals surface area (Å²) in [5, 5.41) is 3.33. The highest BCUT2D eigenvalue weighted by molar-refractivity contribution is 5.82. The van der Waals surface area contributed by atoms with E-state index in [9.17, 15) is 4.79 Å². The number of ether oxygens (including phenoxy) is 2. The van der Waals surface area contributed by atoms with Gasteiger partial charge in [-0.25, -0.2) is 4.99 Å². The average molecular weight is 347 g/mol. The molecule has 0 aromatic heterocycles. The van der Waals surface area contributed by atoms with Crippen LogP contribution in [-0.4, -0.2) is 50.7 Å². The van der Waals surface area contributed by atoms with Crippen LogP contribution in [0.15, 0.2) is 29.3 Å². The van der Waals surface area contributed by atoms with Crippen molar-refractivity contribution in [2.75, 3.05) is 33.9 Å². The van der Waals surface area contributed by atoms with Crippen molar-refractivity contribution in [1.29, 1.82) is 0 Å². The largest absolute Gasteiger partial charge is 0.469 e. The molecule has 2 rings (SSSR count). The predicted octanol–water partition coefficient (Wildman–Crippen LogP) is 2.04. The van der Waals surface area contributed by atoms with Gasteiger partial charge in [-0.3, -0.25) is 4.79 Å². The van der Waals surface area contributed by atoms with Crippen molar-refractivity contribution in [3.8, 4) is 0 Å². The molecule has 0 saturated carbocycles. The Labute approximate surface area is 150 Å². The summed E-state index contributed by atoms with van der Waals surface area (Å²) in [5.41, 5.74) is 2.28. The first-order chi connectivity index (χ1) is 12.1. The van der Waals surface area contributed by atoms with Gasteiger partial charge in [0.15, 0.2) is 5.96 Å². The van der Waals surface area contributed by atoms with Crippen LogP contribution in [0.1, 0.15) is 25.0 Å². The van der Waals surface area contributed by atoms with E-state index < -0.39 is 0 Å². The lowest BCUT2D eigenvalue weighted by atomic mass is 9.99. The summed E-state index contributed by atoms with van der Waals surface area (Å²) in [6.07, 6.45) is 0. The first-order valence-corrected chi connectivity index (χ1v) is 8.76. The highest BCUT2D eigenvalue weighted by Gasteiger charge is 2.36. The van der Waals surface area contributed by atoms with Crippen LogP contribution in [0.3, 0.4) is 0 Å². The lowest BCUT2D eigenvalue weighted by Crippen LogP contribution is -2.40. The number of carbonyl (C=O) groups excluding carboxylic acids is 1. The summed E-state index contributed by atoms with van der Waals surface area (Å²) in [5.74, 6) is 0.858. The van der Waals surface area contributed by atoms with E-state index in [4.69, 9.17) is 14.5 Å². The Balaban J connectivity index is 2.08. The summed E-state index contributed by atoms with van der Waals surface area (Å²) in [6.45, 7) is 7.55. The van der Waals surface area contributed by atoms with Gasteiger partial charge in [0, 0.05) is 26.7 Å². The number of methoxy groups -OCH3 is 2. The number of benzene rings is 1. The molecule has 1 aromatic rings. The fourth-order valence-corrected chi connectivity index (χ4v) is 3.17. The van der Waals surface area contributed by atoms with E-state index in [1.807, 2.05) is 19.1 Å². The molecule has 138 valence electrons. The number of aliphatic imine (C=N–C) groups is 1. The Hall–Kier alpha value is -2.08. The molecule has 0 spiro atoms. The van der Waals surface area contributed by atoms with E-state index >= 15 is 0 Å². The standard InChI is InChI=1S/C19H29N3O3/c1-5-20-19(22-11-14(2)17(12-22)18(23)25-4)21-10-15-7-6-8-16(9-15)13-24-3/h6-9,14,17H,5,10-13H2,1-4H3,(H,20,21). The van der Waals surface area contributed by atoms with Gasteiger partial charge in [0.1, 0.15) is 0 Å². The average Bonchev–Trinajstić information content (AvgIpc) is 3.00. The zero-order valence-electron chi connectivity index (χ0n) is 15.6. The van der Waals surface area contributed by atoms with Crippen LogP contribution in [0, 0.1) is 11.8 Å². The molecule has 0 amide bonds. The van der Waals surface area contributed by atoms with Crippen LogP contribution >= 0.6 is 0 Å². The van der Waals surface area contributed by atoms with E-state index in [2.05, 4.69) is 29.3 Å². The number of likely N-dealkylation sites (tertiary alicyclic amines) is 1. The highest BCUT2D eigenvalue weighted by atomic mass is 16.5. The van der Waals surface area contributed by atoms with Crippen LogP contribution in [0.4, 0.5) is 0 Å². The molecule has 6 heteroatoms. The minimum absolute atomic E-state index is 0.0983. The van der Waals surface area contributed by atoms with Gasteiger partial charge in [0.05, 0.1) is 26.2 Å². The van der Waals surface area contributed by atoms with Crippen molar-refractivity contribution < 1.29 is 14.3 Å². The van der Waals surface area contributed by atoms with Gasteiger partial charge in [-0.15, -0.1) is 0 Å². The molecule has 0 radical (unpaired) electrons. The van der Waals surface area contributed by atoms with Crippen molar-refractivity contribution in [1.82, 2.24) is 10.2 Å². The maximum absolute atomic E-state index is 11.9. The van der Waals surface area contributed by atoms with Crippen LogP contribution in [0.2, 0.25) is 0 Å². The summed E-state index contributed by atoms with van der Waals surface area (Å²) >= 11 is 0. The molecule has 1 aromatic carbocycles. The summed E-state index contributed by atoms with van der Waals surface area (Å²) in [7, 11) is 3.14. The molecule has 1 heterocycles. The number of nitrogens with one attached hydrogen (secondary N) is 1. The van der Waals surface area contributed by atoms with E-state index in [1.54, 1.807) is 7.11 Å². The summed E-state index contributed by atoms with van der Waals surface area (Å²) in [6, 6.07) is 8.25. The summed E-state index contributed by atoms with van der Waals surface area (Å²) < 4.78 is 10.1. The zero-order valence-corrected chi connectivity index (χ0v) is 15.6. The SMILES string of the molecule is CCNC(=NCc1cccc(COC)c1)N1CC(C)C(C(=O)OC)C1. The lowest BCUT2D eigenvalue weighted by molar-refractivity contribution is -0.145. The Morgan fingerprint density at radius 2 is 2.08 bits per heavy atom. The second-order valence-electron chi connectivity index (χ2n) is 6.44. The van der Waals surface area contributed by atoms with Crippen LogP contribution in [0.5, 0.6) is 0 Å². The Morgan fingerprint density at radius 1 is 1.32 bits per heavy atom. The summed E-state index contributed by atoms with van der Waals surface area (Å²) in [4.78, 5) is 18.8. The number of hydrogen-bond donors (Lipinski definition) is 1. The van der Waals surface area contributed by atoms with Crippen LogP contribution in [-0.2, 0) is 27.4 Å². The van der Waals surface area contributed by atoms with Gasteiger partial charge in [-0.1, -0.05) is 31.2 Å². The number of esters is 1. The van der Waals surface area contributed by atoms with Crippen molar-refractivity contribution in [2.45, 2.75) is 27.0 Å². The maximum Gasteiger partial charge on any atom is 0.310 e. The molecule has 6 nitrogen and oxygen atoms in total. The monoisotopic (exact) mass is 347 g/mol. The molecule has 1 N–H and O–H groups in total. The van der Waals surface area contributed by atoms with Gasteiger partial charge in [0.25, 0.3) is 0 Å². The van der Waals surface area contributed by atoms with Gasteiger partial charge in [-0.2, -0.15) is 0 Å². The fraction of sp³-hybridized carbons (Fsp3) is 0.579. The molecule has 2 atom stereocenters. The third-order valence-corrected chi connectivity index (χ3v) is 4.46. The molecule has 1 aliphatic rings. The third kappa shape index (κ3) is 5.19. The first-order valence-electron chi connectivity index (χ1n) is 8.76. The minimum atomic E-state index is -0.141. The van der Waals surface area contributed by atoms with Crippen molar-refractivity contribution >= 4 is 11.9 Å². The quantitative estimate of drug-likeness (QED) is 0.485. The second-order valence-corrected chi connectivity index (χ2v) is 6.44. The molecular weight excluding hydrogens is 318 g/mol. The Bertz CT molecular complexity index is 603. The van der Waals surface area contributed by atoms with E-state index in [0.717, 1.165) is 30.2 Å². The van der Waals surface area contributed by atoms with Crippen molar-refractivity contribution in [3.63, 3.8) is 0 Å². The second kappa shape index (κ2) is 9.42. The number of nitrogens with zero attached hydrogens (tertiary/aromatic N) is 2. The van der Waals surface area contributed by atoms with Gasteiger partial charge in [0.2, 0.25) is 0 Å². The van der Waals surface area contributed by atoms with E-state index in [1.165, 1.54) is 7.11 Å². The number of hydrogen-bond acceptors (Lipinski definition) is 4. The third-order valence-electron chi connectivity index (χ3n) is 4.46. The van der Waals surface area contributed by atoms with Gasteiger partial charge in [-0.05, 0) is 24.0 Å². The topological polar surface area (TPSA) is 63.2 Å². The Morgan fingerprint density at radius 3 is 2.76 bits per heavy atom. The molecule has 0 bridgehead atoms.